The molecule has 0 amide bonds. The van der Waals surface area contributed by atoms with Crippen molar-refractivity contribution in [3.05, 3.63) is 105 Å². The fourth-order valence-electron chi connectivity index (χ4n) is 4.05. The summed E-state index contributed by atoms with van der Waals surface area (Å²) in [5, 5.41) is 7.08. The Balaban J connectivity index is 1.77. The van der Waals surface area contributed by atoms with Gasteiger partial charge in [-0.15, -0.1) is 0 Å². The molecule has 148 valence electrons. The lowest BCUT2D eigenvalue weighted by molar-refractivity contribution is 1.05. The molecule has 0 atom stereocenters. The standard InChI is InChI=1S/C26H24N4/c1-15-5-19-13-20-6-17(3)11-25(29-20)26-12-18(4)8-22(30-26)14-21-7-16(2)10-24(28-21)23(9-15)27-19/h5-14,27,30H,1-4H3. The van der Waals surface area contributed by atoms with Gasteiger partial charge < -0.3 is 10.6 Å². The number of nitrogens with one attached hydrogen (secondary N) is 2. The van der Waals surface area contributed by atoms with Crippen LogP contribution in [0.5, 0.6) is 0 Å². The van der Waals surface area contributed by atoms with E-state index in [1.807, 2.05) is 0 Å². The SMILES string of the molecule is CC1=CC2=Cc3cc(C)cc(n3)C3=CC(C)=CC(=Cc4cc(C)cc(n4)C(=C1)N2)N3. The topological polar surface area (TPSA) is 49.8 Å². The first-order chi connectivity index (χ1) is 14.4. The Morgan fingerprint density at radius 1 is 0.533 bits per heavy atom. The van der Waals surface area contributed by atoms with Gasteiger partial charge in [-0.2, -0.15) is 0 Å². The molecule has 0 spiro atoms. The van der Waals surface area contributed by atoms with Crippen molar-refractivity contribution in [1.29, 1.82) is 0 Å². The average molecular weight is 393 g/mol. The van der Waals surface area contributed by atoms with Crippen molar-refractivity contribution in [3.8, 4) is 0 Å². The average Bonchev–Trinajstić information content (AvgIpc) is 2.65. The monoisotopic (exact) mass is 392 g/mol. The molecule has 0 fully saturated rings. The molecule has 0 saturated carbocycles. The zero-order chi connectivity index (χ0) is 20.8. The van der Waals surface area contributed by atoms with Gasteiger partial charge in [0.15, 0.2) is 0 Å². The van der Waals surface area contributed by atoms with Crippen LogP contribution >= 0.6 is 0 Å². The minimum atomic E-state index is 0.924. The molecule has 2 aromatic heterocycles. The molecule has 0 radical (unpaired) electrons. The molecule has 2 aromatic rings. The Morgan fingerprint density at radius 3 is 1.40 bits per heavy atom. The van der Waals surface area contributed by atoms with Crippen LogP contribution in [0.1, 0.15) is 47.8 Å². The van der Waals surface area contributed by atoms with Crippen molar-refractivity contribution >= 4 is 23.5 Å². The summed E-state index contributed by atoms with van der Waals surface area (Å²) in [6, 6.07) is 8.45. The van der Waals surface area contributed by atoms with E-state index in [-0.39, 0.29) is 0 Å². The Labute approximate surface area is 177 Å². The number of hydrogen-bond acceptors (Lipinski definition) is 4. The highest BCUT2D eigenvalue weighted by Crippen LogP contribution is 2.26. The molecule has 0 unspecified atom stereocenters. The molecule has 3 aliphatic heterocycles. The number of aryl methyl sites for hydroxylation is 2. The molecular weight excluding hydrogens is 368 g/mol. The maximum Gasteiger partial charge on any atom is 0.0874 e. The van der Waals surface area contributed by atoms with E-state index >= 15 is 0 Å². The smallest absolute Gasteiger partial charge is 0.0874 e. The molecule has 0 aliphatic carbocycles. The number of aromatic nitrogens is 2. The molecule has 5 rings (SSSR count). The van der Waals surface area contributed by atoms with Crippen molar-refractivity contribution in [2.75, 3.05) is 0 Å². The molecule has 2 N–H and O–H groups in total. The Hall–Kier alpha value is -3.66. The number of dihydropyridines is 2. The number of hydrogen-bond donors (Lipinski definition) is 2. The Kier molecular flexibility index (Phi) is 4.28. The van der Waals surface area contributed by atoms with Gasteiger partial charge >= 0.3 is 0 Å². The van der Waals surface area contributed by atoms with E-state index in [1.165, 1.54) is 22.3 Å². The van der Waals surface area contributed by atoms with Crippen LogP contribution in [0.3, 0.4) is 0 Å². The normalized spacial score (nSPS) is 17.1. The van der Waals surface area contributed by atoms with Crippen molar-refractivity contribution in [2.24, 2.45) is 0 Å². The van der Waals surface area contributed by atoms with Crippen LogP contribution in [-0.2, 0) is 0 Å². The van der Waals surface area contributed by atoms with E-state index in [9.17, 15) is 0 Å². The first-order valence-corrected chi connectivity index (χ1v) is 10.2. The molecule has 0 aromatic carbocycles. The van der Waals surface area contributed by atoms with Gasteiger partial charge in [0.2, 0.25) is 0 Å². The fourth-order valence-corrected chi connectivity index (χ4v) is 4.05. The van der Waals surface area contributed by atoms with Crippen LogP contribution in [-0.4, -0.2) is 9.97 Å². The summed E-state index contributed by atoms with van der Waals surface area (Å²) in [4.78, 5) is 9.85. The van der Waals surface area contributed by atoms with E-state index in [2.05, 4.69) is 99.1 Å². The largest absolute Gasteiger partial charge is 0.354 e. The van der Waals surface area contributed by atoms with E-state index < -0.39 is 0 Å². The van der Waals surface area contributed by atoms with Gasteiger partial charge in [0.1, 0.15) is 0 Å². The minimum absolute atomic E-state index is 0.924. The molecule has 5 heterocycles. The summed E-state index contributed by atoms with van der Waals surface area (Å²) in [6.07, 6.45) is 12.7. The molecule has 4 heteroatoms. The van der Waals surface area contributed by atoms with Crippen molar-refractivity contribution in [1.82, 2.24) is 20.6 Å². The summed E-state index contributed by atoms with van der Waals surface area (Å²) in [5.41, 5.74) is 12.4. The second kappa shape index (κ2) is 6.99. The third-order valence-electron chi connectivity index (χ3n) is 5.21. The maximum atomic E-state index is 4.93. The number of pyridine rings is 2. The zero-order valence-corrected chi connectivity index (χ0v) is 17.7. The first kappa shape index (κ1) is 18.4. The molecular formula is C26H24N4. The third kappa shape index (κ3) is 3.64. The summed E-state index contributed by atoms with van der Waals surface area (Å²) in [7, 11) is 0. The zero-order valence-electron chi connectivity index (χ0n) is 17.7. The summed E-state index contributed by atoms with van der Waals surface area (Å²) >= 11 is 0. The van der Waals surface area contributed by atoms with Crippen LogP contribution in [0.4, 0.5) is 0 Å². The molecule has 8 bridgehead atoms. The van der Waals surface area contributed by atoms with Gasteiger partial charge in [-0.1, -0.05) is 0 Å². The first-order valence-electron chi connectivity index (χ1n) is 10.2. The summed E-state index contributed by atoms with van der Waals surface area (Å²) < 4.78 is 0. The van der Waals surface area contributed by atoms with Gasteiger partial charge in [-0.3, -0.25) is 0 Å². The highest BCUT2D eigenvalue weighted by Gasteiger charge is 2.15. The van der Waals surface area contributed by atoms with E-state index in [1.54, 1.807) is 0 Å². The van der Waals surface area contributed by atoms with Crippen LogP contribution < -0.4 is 10.6 Å². The molecule has 0 saturated heterocycles. The third-order valence-corrected chi connectivity index (χ3v) is 5.21. The molecule has 4 nitrogen and oxygen atoms in total. The molecule has 3 aliphatic rings. The second-order valence-electron chi connectivity index (χ2n) is 8.25. The number of fused-ring (bicyclic) bond motifs is 10. The number of allylic oxidation sites excluding steroid dienone is 6. The predicted molar refractivity (Wildman–Crippen MR) is 124 cm³/mol. The van der Waals surface area contributed by atoms with Gasteiger partial charge in [0.05, 0.1) is 34.2 Å². The lowest BCUT2D eigenvalue weighted by atomic mass is 10.0. The van der Waals surface area contributed by atoms with Crippen LogP contribution in [0.25, 0.3) is 23.5 Å². The maximum absolute atomic E-state index is 4.93. The second-order valence-corrected chi connectivity index (χ2v) is 8.25. The van der Waals surface area contributed by atoms with Gasteiger partial charge in [-0.25, -0.2) is 9.97 Å². The van der Waals surface area contributed by atoms with Gasteiger partial charge in [0, 0.05) is 11.4 Å². The van der Waals surface area contributed by atoms with Crippen molar-refractivity contribution in [3.63, 3.8) is 0 Å². The van der Waals surface area contributed by atoms with Gasteiger partial charge in [0.25, 0.3) is 0 Å². The lowest BCUT2D eigenvalue weighted by Gasteiger charge is -2.20. The Morgan fingerprint density at radius 2 is 0.967 bits per heavy atom. The van der Waals surface area contributed by atoms with Crippen molar-refractivity contribution in [2.45, 2.75) is 27.7 Å². The van der Waals surface area contributed by atoms with E-state index in [0.29, 0.717) is 0 Å². The van der Waals surface area contributed by atoms with Crippen LogP contribution in [0.15, 0.2) is 71.1 Å². The van der Waals surface area contributed by atoms with E-state index in [4.69, 9.17) is 9.97 Å². The predicted octanol–water partition coefficient (Wildman–Crippen LogP) is 5.27. The minimum Gasteiger partial charge on any atom is -0.354 e. The van der Waals surface area contributed by atoms with Gasteiger partial charge in [-0.05, 0) is 111 Å². The summed E-state index contributed by atoms with van der Waals surface area (Å²) in [6.45, 7) is 8.44. The highest BCUT2D eigenvalue weighted by molar-refractivity contribution is 5.76. The van der Waals surface area contributed by atoms with Crippen LogP contribution in [0.2, 0.25) is 0 Å². The number of nitrogens with zero attached hydrogens (tertiary/aromatic N) is 2. The highest BCUT2D eigenvalue weighted by atomic mass is 15.0. The van der Waals surface area contributed by atoms with E-state index in [0.717, 1.165) is 45.6 Å². The lowest BCUT2D eigenvalue weighted by Crippen LogP contribution is -2.18. The number of rotatable bonds is 0. The van der Waals surface area contributed by atoms with Crippen molar-refractivity contribution < 1.29 is 0 Å². The van der Waals surface area contributed by atoms with Crippen LogP contribution in [0, 0.1) is 13.8 Å². The summed E-state index contributed by atoms with van der Waals surface area (Å²) in [5.74, 6) is 0. The quantitative estimate of drug-likeness (QED) is 0.641. The fraction of sp³-hybridized carbons (Fsp3) is 0.154. The molecule has 30 heavy (non-hydrogen) atoms. The Bertz CT molecular complexity index is 1170.